The lowest BCUT2D eigenvalue weighted by molar-refractivity contribution is 0.00596. The summed E-state index contributed by atoms with van der Waals surface area (Å²) in [5, 5.41) is 3.37. The lowest BCUT2D eigenvalue weighted by Crippen LogP contribution is -2.29. The lowest BCUT2D eigenvalue weighted by Gasteiger charge is -2.34. The molecule has 0 aromatic rings. The molecule has 3 heteroatoms. The molecule has 1 aliphatic rings. The van der Waals surface area contributed by atoms with E-state index in [1.807, 2.05) is 0 Å². The summed E-state index contributed by atoms with van der Waals surface area (Å²) in [6.07, 6.45) is 6.66. The Balaban J connectivity index is 1.90. The van der Waals surface area contributed by atoms with Crippen LogP contribution < -0.4 is 5.32 Å². The van der Waals surface area contributed by atoms with Crippen molar-refractivity contribution in [2.75, 3.05) is 33.4 Å². The van der Waals surface area contributed by atoms with Gasteiger partial charge in [-0.3, -0.25) is 0 Å². The van der Waals surface area contributed by atoms with Crippen LogP contribution in [0.3, 0.4) is 0 Å². The molecule has 1 N–H and O–H groups in total. The van der Waals surface area contributed by atoms with Gasteiger partial charge >= 0.3 is 0 Å². The van der Waals surface area contributed by atoms with E-state index in [2.05, 4.69) is 19.2 Å². The predicted octanol–water partition coefficient (Wildman–Crippen LogP) is 2.60. The molecule has 0 aliphatic heterocycles. The van der Waals surface area contributed by atoms with E-state index in [9.17, 15) is 0 Å². The van der Waals surface area contributed by atoms with E-state index in [1.54, 1.807) is 7.11 Å². The smallest absolute Gasteiger partial charge is 0.0594 e. The Morgan fingerprint density at radius 2 is 1.82 bits per heavy atom. The minimum atomic E-state index is 0.504. The van der Waals surface area contributed by atoms with Crippen LogP contribution in [-0.2, 0) is 9.47 Å². The zero-order valence-corrected chi connectivity index (χ0v) is 11.8. The molecular formula is C14H29NO2. The van der Waals surface area contributed by atoms with Crippen LogP contribution in [0.1, 0.15) is 46.0 Å². The molecule has 0 saturated heterocycles. The summed E-state index contributed by atoms with van der Waals surface area (Å²) < 4.78 is 10.9. The molecule has 0 unspecified atom stereocenters. The van der Waals surface area contributed by atoms with Crippen LogP contribution in [-0.4, -0.2) is 39.5 Å². The Morgan fingerprint density at radius 3 is 2.47 bits per heavy atom. The number of methoxy groups -OCH3 is 1. The van der Waals surface area contributed by atoms with Gasteiger partial charge in [0.15, 0.2) is 0 Å². The minimum Gasteiger partial charge on any atom is -0.385 e. The zero-order chi connectivity index (χ0) is 12.6. The van der Waals surface area contributed by atoms with E-state index >= 15 is 0 Å². The molecule has 0 bridgehead atoms. The molecule has 0 aromatic heterocycles. The first kappa shape index (κ1) is 14.9. The van der Waals surface area contributed by atoms with Gasteiger partial charge in [0.1, 0.15) is 0 Å². The Kier molecular flexibility index (Phi) is 7.09. The molecule has 0 atom stereocenters. The summed E-state index contributed by atoms with van der Waals surface area (Å²) in [6.45, 7) is 8.39. The average molecular weight is 243 g/mol. The normalized spacial score (nSPS) is 20.6. The summed E-state index contributed by atoms with van der Waals surface area (Å²) in [5.41, 5.74) is 0.540. The summed E-state index contributed by atoms with van der Waals surface area (Å²) in [5.74, 6) is 0. The number of hydrogen-bond donors (Lipinski definition) is 1. The van der Waals surface area contributed by atoms with Crippen LogP contribution in [0.5, 0.6) is 0 Å². The van der Waals surface area contributed by atoms with Gasteiger partial charge in [0, 0.05) is 20.3 Å². The molecular weight excluding hydrogens is 214 g/mol. The summed E-state index contributed by atoms with van der Waals surface area (Å²) in [6, 6.07) is 0. The molecule has 0 radical (unpaired) electrons. The van der Waals surface area contributed by atoms with E-state index in [1.165, 1.54) is 25.7 Å². The van der Waals surface area contributed by atoms with E-state index in [0.717, 1.165) is 32.7 Å². The van der Waals surface area contributed by atoms with Crippen molar-refractivity contribution >= 4 is 0 Å². The highest BCUT2D eigenvalue weighted by atomic mass is 16.5. The van der Waals surface area contributed by atoms with Gasteiger partial charge < -0.3 is 14.8 Å². The molecule has 1 fully saturated rings. The van der Waals surface area contributed by atoms with Crippen molar-refractivity contribution in [1.82, 2.24) is 5.32 Å². The van der Waals surface area contributed by atoms with Gasteiger partial charge in [-0.25, -0.2) is 0 Å². The van der Waals surface area contributed by atoms with Crippen LogP contribution in [0, 0.1) is 5.41 Å². The molecule has 0 heterocycles. The first-order valence-corrected chi connectivity index (χ1v) is 6.95. The molecule has 0 spiro atoms. The van der Waals surface area contributed by atoms with Crippen LogP contribution >= 0.6 is 0 Å². The largest absolute Gasteiger partial charge is 0.385 e. The standard InChI is InChI=1S/C14H29NO2/c1-14(2)7-5-13(6-8-14)17-12-10-15-9-4-11-16-3/h13,15H,4-12H2,1-3H3. The average Bonchev–Trinajstić information content (AvgIpc) is 2.30. The second-order valence-electron chi connectivity index (χ2n) is 5.83. The van der Waals surface area contributed by atoms with Gasteiger partial charge in [-0.15, -0.1) is 0 Å². The summed E-state index contributed by atoms with van der Waals surface area (Å²) in [7, 11) is 1.74. The van der Waals surface area contributed by atoms with E-state index < -0.39 is 0 Å². The highest BCUT2D eigenvalue weighted by Crippen LogP contribution is 2.35. The second kappa shape index (κ2) is 8.06. The molecule has 0 aromatic carbocycles. The predicted molar refractivity (Wildman–Crippen MR) is 71.4 cm³/mol. The fourth-order valence-corrected chi connectivity index (χ4v) is 2.30. The van der Waals surface area contributed by atoms with Crippen molar-refractivity contribution in [3.63, 3.8) is 0 Å². The summed E-state index contributed by atoms with van der Waals surface area (Å²) in [4.78, 5) is 0. The summed E-state index contributed by atoms with van der Waals surface area (Å²) >= 11 is 0. The van der Waals surface area contributed by atoms with Crippen molar-refractivity contribution < 1.29 is 9.47 Å². The maximum Gasteiger partial charge on any atom is 0.0594 e. The fraction of sp³-hybridized carbons (Fsp3) is 1.00. The van der Waals surface area contributed by atoms with E-state index in [4.69, 9.17) is 9.47 Å². The molecule has 17 heavy (non-hydrogen) atoms. The van der Waals surface area contributed by atoms with Gasteiger partial charge in [-0.2, -0.15) is 0 Å². The highest BCUT2D eigenvalue weighted by molar-refractivity contribution is 4.78. The first-order valence-electron chi connectivity index (χ1n) is 6.95. The zero-order valence-electron chi connectivity index (χ0n) is 11.8. The number of ether oxygens (including phenoxy) is 2. The maximum atomic E-state index is 5.89. The van der Waals surface area contributed by atoms with Crippen LogP contribution in [0.4, 0.5) is 0 Å². The Bertz CT molecular complexity index is 185. The van der Waals surface area contributed by atoms with Crippen molar-refractivity contribution in [3.8, 4) is 0 Å². The van der Waals surface area contributed by atoms with E-state index in [-0.39, 0.29) is 0 Å². The van der Waals surface area contributed by atoms with Crippen LogP contribution in [0.2, 0.25) is 0 Å². The Morgan fingerprint density at radius 1 is 1.12 bits per heavy atom. The van der Waals surface area contributed by atoms with Crippen molar-refractivity contribution in [2.45, 2.75) is 52.1 Å². The van der Waals surface area contributed by atoms with Gasteiger partial charge in [0.2, 0.25) is 0 Å². The van der Waals surface area contributed by atoms with Crippen molar-refractivity contribution in [1.29, 1.82) is 0 Å². The SMILES string of the molecule is COCCCNCCOC1CCC(C)(C)CC1. The third-order valence-corrected chi connectivity index (χ3v) is 3.62. The Hall–Kier alpha value is -0.120. The lowest BCUT2D eigenvalue weighted by atomic mass is 9.76. The van der Waals surface area contributed by atoms with Gasteiger partial charge in [-0.05, 0) is 44.1 Å². The van der Waals surface area contributed by atoms with Gasteiger partial charge in [-0.1, -0.05) is 13.8 Å². The second-order valence-corrected chi connectivity index (χ2v) is 5.83. The number of nitrogens with one attached hydrogen (secondary N) is 1. The fourth-order valence-electron chi connectivity index (χ4n) is 2.30. The number of hydrogen-bond acceptors (Lipinski definition) is 3. The maximum absolute atomic E-state index is 5.89. The first-order chi connectivity index (χ1) is 8.14. The van der Waals surface area contributed by atoms with Crippen LogP contribution in [0.25, 0.3) is 0 Å². The molecule has 0 amide bonds. The molecule has 1 aliphatic carbocycles. The molecule has 1 rings (SSSR count). The molecule has 3 nitrogen and oxygen atoms in total. The van der Waals surface area contributed by atoms with E-state index in [0.29, 0.717) is 11.5 Å². The van der Waals surface area contributed by atoms with Crippen LogP contribution in [0.15, 0.2) is 0 Å². The van der Waals surface area contributed by atoms with Gasteiger partial charge in [0.25, 0.3) is 0 Å². The third kappa shape index (κ3) is 7.02. The third-order valence-electron chi connectivity index (χ3n) is 3.62. The highest BCUT2D eigenvalue weighted by Gasteiger charge is 2.26. The van der Waals surface area contributed by atoms with Crippen molar-refractivity contribution in [2.24, 2.45) is 5.41 Å². The number of rotatable bonds is 8. The quantitative estimate of drug-likeness (QED) is 0.665. The van der Waals surface area contributed by atoms with Gasteiger partial charge in [0.05, 0.1) is 12.7 Å². The topological polar surface area (TPSA) is 30.5 Å². The minimum absolute atomic E-state index is 0.504. The van der Waals surface area contributed by atoms with Crippen molar-refractivity contribution in [3.05, 3.63) is 0 Å². The Labute approximate surface area is 106 Å². The monoisotopic (exact) mass is 243 g/mol. The molecule has 1 saturated carbocycles. The molecule has 102 valence electrons.